The van der Waals surface area contributed by atoms with Gasteiger partial charge in [0.2, 0.25) is 5.91 Å². The third-order valence-corrected chi connectivity index (χ3v) is 6.23. The highest BCUT2D eigenvalue weighted by atomic mass is 16.2. The number of hydrogen-bond acceptors (Lipinski definition) is 5. The monoisotopic (exact) mass is 423 g/mol. The average Bonchev–Trinajstić information content (AvgIpc) is 3.25. The molecule has 1 aliphatic heterocycles. The number of amides is 2. The molecule has 8 heteroatoms. The van der Waals surface area contributed by atoms with Gasteiger partial charge >= 0.3 is 0 Å². The molecule has 0 bridgehead atoms. The second-order valence-corrected chi connectivity index (χ2v) is 9.45. The highest BCUT2D eigenvalue weighted by Crippen LogP contribution is 2.37. The lowest BCUT2D eigenvalue weighted by Crippen LogP contribution is -2.30. The maximum absolute atomic E-state index is 12.7. The summed E-state index contributed by atoms with van der Waals surface area (Å²) in [6.07, 6.45) is 2.04. The van der Waals surface area contributed by atoms with E-state index in [9.17, 15) is 14.4 Å². The Balaban J connectivity index is 1.72. The number of benzene rings is 1. The van der Waals surface area contributed by atoms with Crippen molar-refractivity contribution < 1.29 is 14.4 Å². The summed E-state index contributed by atoms with van der Waals surface area (Å²) in [5, 5.41) is 8.06. The third-order valence-electron chi connectivity index (χ3n) is 6.23. The standard InChI is InChI=1S/C23H29N5O3/c1-13-21-19(10-23(3,4)11-20(21)30)28(26-13)16-5-6-17(22(24)31)18(9-16)25-15-7-8-27(12-15)14(2)29/h5-6,9,15,25H,7-8,10-12H2,1-4H3,(H2,24,31)/t15-/m0/s1. The quantitative estimate of drug-likeness (QED) is 0.785. The molecule has 1 atom stereocenters. The van der Waals surface area contributed by atoms with Crippen LogP contribution in [0.3, 0.4) is 0 Å². The van der Waals surface area contributed by atoms with Crippen LogP contribution in [-0.4, -0.2) is 51.4 Å². The van der Waals surface area contributed by atoms with Crippen LogP contribution in [0.2, 0.25) is 0 Å². The van der Waals surface area contributed by atoms with Gasteiger partial charge in [0.15, 0.2) is 5.78 Å². The van der Waals surface area contributed by atoms with E-state index in [1.54, 1.807) is 24.0 Å². The molecule has 1 aliphatic carbocycles. The summed E-state index contributed by atoms with van der Waals surface area (Å²) in [5.74, 6) is -0.359. The van der Waals surface area contributed by atoms with Gasteiger partial charge in [-0.15, -0.1) is 0 Å². The SMILES string of the molecule is CC(=O)N1CC[C@H](Nc2cc(-n3nc(C)c4c3CC(C)(C)CC4=O)ccc2C(N)=O)C1. The van der Waals surface area contributed by atoms with Crippen LogP contribution in [0.15, 0.2) is 18.2 Å². The Morgan fingerprint density at radius 2 is 2.00 bits per heavy atom. The zero-order valence-electron chi connectivity index (χ0n) is 18.5. The Bertz CT molecular complexity index is 1090. The first-order valence-electron chi connectivity index (χ1n) is 10.6. The van der Waals surface area contributed by atoms with E-state index in [1.165, 1.54) is 0 Å². The molecule has 1 fully saturated rings. The molecule has 2 heterocycles. The maximum atomic E-state index is 12.7. The minimum absolute atomic E-state index is 0.0334. The van der Waals surface area contributed by atoms with Gasteiger partial charge in [-0.25, -0.2) is 4.68 Å². The molecule has 8 nitrogen and oxygen atoms in total. The van der Waals surface area contributed by atoms with E-state index < -0.39 is 5.91 Å². The molecule has 0 saturated carbocycles. The van der Waals surface area contributed by atoms with E-state index in [-0.39, 0.29) is 23.1 Å². The van der Waals surface area contributed by atoms with Crippen molar-refractivity contribution >= 4 is 23.3 Å². The molecule has 0 unspecified atom stereocenters. The Morgan fingerprint density at radius 3 is 2.65 bits per heavy atom. The number of nitrogens with two attached hydrogens (primary N) is 1. The van der Waals surface area contributed by atoms with Gasteiger partial charge in [-0.2, -0.15) is 5.10 Å². The van der Waals surface area contributed by atoms with E-state index >= 15 is 0 Å². The number of carbonyl (C=O) groups excluding carboxylic acids is 3. The minimum atomic E-state index is -0.523. The van der Waals surface area contributed by atoms with Crippen molar-refractivity contribution in [2.75, 3.05) is 18.4 Å². The molecule has 164 valence electrons. The molecule has 3 N–H and O–H groups in total. The van der Waals surface area contributed by atoms with Gasteiger partial charge in [0.1, 0.15) is 0 Å². The van der Waals surface area contributed by atoms with Crippen molar-refractivity contribution in [2.24, 2.45) is 11.1 Å². The molecule has 0 spiro atoms. The van der Waals surface area contributed by atoms with Crippen LogP contribution >= 0.6 is 0 Å². The smallest absolute Gasteiger partial charge is 0.250 e. The van der Waals surface area contributed by atoms with Crippen LogP contribution in [0.1, 0.15) is 65.7 Å². The Kier molecular flexibility index (Phi) is 5.11. The van der Waals surface area contributed by atoms with Gasteiger partial charge < -0.3 is 16.0 Å². The number of nitrogens with one attached hydrogen (secondary N) is 1. The fraction of sp³-hybridized carbons (Fsp3) is 0.478. The second kappa shape index (κ2) is 7.51. The fourth-order valence-electron chi connectivity index (χ4n) is 4.74. The van der Waals surface area contributed by atoms with Crippen molar-refractivity contribution in [3.63, 3.8) is 0 Å². The molecule has 1 aromatic carbocycles. The summed E-state index contributed by atoms with van der Waals surface area (Å²) < 4.78 is 1.82. The number of anilines is 1. The van der Waals surface area contributed by atoms with Crippen molar-refractivity contribution in [3.8, 4) is 5.69 Å². The summed E-state index contributed by atoms with van der Waals surface area (Å²) in [4.78, 5) is 38.2. The highest BCUT2D eigenvalue weighted by molar-refractivity contribution is 6.00. The van der Waals surface area contributed by atoms with E-state index in [4.69, 9.17) is 5.73 Å². The summed E-state index contributed by atoms with van der Waals surface area (Å²) in [7, 11) is 0. The number of rotatable bonds is 4. The van der Waals surface area contributed by atoms with Gasteiger partial charge in [0.25, 0.3) is 5.91 Å². The number of carbonyl (C=O) groups is 3. The molecular weight excluding hydrogens is 394 g/mol. The van der Waals surface area contributed by atoms with E-state index in [0.717, 1.165) is 29.9 Å². The maximum Gasteiger partial charge on any atom is 0.250 e. The van der Waals surface area contributed by atoms with Gasteiger partial charge in [-0.3, -0.25) is 14.4 Å². The van der Waals surface area contributed by atoms with Crippen LogP contribution in [0, 0.1) is 12.3 Å². The number of fused-ring (bicyclic) bond motifs is 1. The van der Waals surface area contributed by atoms with Crippen molar-refractivity contribution in [3.05, 3.63) is 40.7 Å². The van der Waals surface area contributed by atoms with Crippen LogP contribution in [-0.2, 0) is 11.2 Å². The molecule has 4 rings (SSSR count). The average molecular weight is 424 g/mol. The summed E-state index contributed by atoms with van der Waals surface area (Å²) >= 11 is 0. The molecule has 2 aromatic rings. The Labute approximate surface area is 181 Å². The summed E-state index contributed by atoms with van der Waals surface area (Å²) in [6, 6.07) is 5.39. The number of ketones is 1. The van der Waals surface area contributed by atoms with E-state index in [2.05, 4.69) is 24.3 Å². The largest absolute Gasteiger partial charge is 0.380 e. The minimum Gasteiger partial charge on any atom is -0.380 e. The predicted octanol–water partition coefficient (Wildman–Crippen LogP) is 2.47. The number of hydrogen-bond donors (Lipinski definition) is 2. The van der Waals surface area contributed by atoms with Gasteiger partial charge in [-0.1, -0.05) is 13.8 Å². The van der Waals surface area contributed by atoms with Crippen LogP contribution in [0.25, 0.3) is 5.69 Å². The van der Waals surface area contributed by atoms with E-state index in [0.29, 0.717) is 36.3 Å². The topological polar surface area (TPSA) is 110 Å². The highest BCUT2D eigenvalue weighted by Gasteiger charge is 2.36. The Hall–Kier alpha value is -3.16. The molecule has 0 radical (unpaired) electrons. The molecule has 2 amide bonds. The molecular formula is C23H29N5O3. The Morgan fingerprint density at radius 1 is 1.26 bits per heavy atom. The summed E-state index contributed by atoms with van der Waals surface area (Å²) in [5.41, 5.74) is 9.58. The molecule has 2 aliphatic rings. The third kappa shape index (κ3) is 3.94. The van der Waals surface area contributed by atoms with Crippen LogP contribution < -0.4 is 11.1 Å². The lowest BCUT2D eigenvalue weighted by molar-refractivity contribution is -0.127. The van der Waals surface area contributed by atoms with Crippen molar-refractivity contribution in [2.45, 2.75) is 53.0 Å². The number of Topliss-reactive ketones (excluding diaryl/α,β-unsaturated/α-hetero) is 1. The zero-order valence-corrected chi connectivity index (χ0v) is 18.5. The zero-order chi connectivity index (χ0) is 22.5. The molecule has 31 heavy (non-hydrogen) atoms. The first-order chi connectivity index (χ1) is 14.6. The number of likely N-dealkylation sites (tertiary alicyclic amines) is 1. The normalized spacial score (nSPS) is 19.9. The van der Waals surface area contributed by atoms with Crippen molar-refractivity contribution in [1.82, 2.24) is 14.7 Å². The van der Waals surface area contributed by atoms with E-state index in [1.807, 2.05) is 17.7 Å². The van der Waals surface area contributed by atoms with Gasteiger partial charge in [0.05, 0.1) is 28.2 Å². The lowest BCUT2D eigenvalue weighted by Gasteiger charge is -2.29. The first-order valence-corrected chi connectivity index (χ1v) is 10.6. The number of aromatic nitrogens is 2. The van der Waals surface area contributed by atoms with Crippen molar-refractivity contribution in [1.29, 1.82) is 0 Å². The van der Waals surface area contributed by atoms with Gasteiger partial charge in [0, 0.05) is 38.2 Å². The fourth-order valence-corrected chi connectivity index (χ4v) is 4.74. The number of aryl methyl sites for hydroxylation is 1. The number of primary amides is 1. The number of nitrogens with zero attached hydrogens (tertiary/aromatic N) is 3. The summed E-state index contributed by atoms with van der Waals surface area (Å²) in [6.45, 7) is 8.86. The van der Waals surface area contributed by atoms with Crippen LogP contribution in [0.5, 0.6) is 0 Å². The first kappa shape index (κ1) is 21.1. The molecule has 1 saturated heterocycles. The second-order valence-electron chi connectivity index (χ2n) is 9.45. The van der Waals surface area contributed by atoms with Crippen LogP contribution in [0.4, 0.5) is 5.69 Å². The lowest BCUT2D eigenvalue weighted by atomic mass is 9.75. The predicted molar refractivity (Wildman–Crippen MR) is 118 cm³/mol. The molecule has 1 aromatic heterocycles. The van der Waals surface area contributed by atoms with Gasteiger partial charge in [-0.05, 0) is 43.4 Å².